The molecule has 1 saturated heterocycles. The van der Waals surface area contributed by atoms with Crippen LogP contribution in [0.2, 0.25) is 0 Å². The molecule has 1 N–H and O–H groups in total. The number of likely N-dealkylation sites (tertiary alicyclic amines) is 1. The van der Waals surface area contributed by atoms with Crippen LogP contribution in [0.3, 0.4) is 0 Å². The first-order valence-electron chi connectivity index (χ1n) is 10.2. The van der Waals surface area contributed by atoms with Gasteiger partial charge in [0.05, 0.1) is 17.5 Å². The molecule has 2 amide bonds. The maximum atomic E-state index is 12.8. The van der Waals surface area contributed by atoms with E-state index >= 15 is 0 Å². The lowest BCUT2D eigenvalue weighted by molar-refractivity contribution is -0.129. The molecule has 2 aliphatic rings. The Morgan fingerprint density at radius 3 is 2.63 bits per heavy atom. The van der Waals surface area contributed by atoms with Crippen molar-refractivity contribution in [3.05, 3.63) is 53.6 Å². The number of nitrogens with zero attached hydrogens (tertiary/aromatic N) is 1. The molecular weight excluding hydrogens is 400 g/mol. The van der Waals surface area contributed by atoms with Gasteiger partial charge in [-0.2, -0.15) is 0 Å². The fourth-order valence-corrected chi connectivity index (χ4v) is 4.53. The van der Waals surface area contributed by atoms with Crippen molar-refractivity contribution in [3.8, 4) is 11.5 Å². The molecule has 2 aromatic carbocycles. The lowest BCUT2D eigenvalue weighted by Gasteiger charge is -2.26. The first kappa shape index (κ1) is 20.6. The van der Waals surface area contributed by atoms with Crippen LogP contribution in [0.4, 0.5) is 5.69 Å². The van der Waals surface area contributed by atoms with Gasteiger partial charge >= 0.3 is 0 Å². The summed E-state index contributed by atoms with van der Waals surface area (Å²) >= 11 is 1.35. The molecule has 158 valence electrons. The summed E-state index contributed by atoms with van der Waals surface area (Å²) in [7, 11) is 0. The number of carbonyl (C=O) groups is 2. The number of thioether (sulfide) groups is 1. The number of amides is 2. The highest BCUT2D eigenvalue weighted by Crippen LogP contribution is 2.38. The minimum atomic E-state index is -0.0959. The van der Waals surface area contributed by atoms with Crippen LogP contribution in [0.15, 0.2) is 42.5 Å². The predicted octanol–water partition coefficient (Wildman–Crippen LogP) is 3.80. The zero-order chi connectivity index (χ0) is 20.9. The van der Waals surface area contributed by atoms with E-state index in [1.54, 1.807) is 0 Å². The molecule has 0 saturated carbocycles. The van der Waals surface area contributed by atoms with Gasteiger partial charge in [0.2, 0.25) is 11.8 Å². The molecule has 6 nitrogen and oxygen atoms in total. The molecule has 7 heteroatoms. The molecule has 1 atom stereocenters. The average molecular weight is 427 g/mol. The van der Waals surface area contributed by atoms with Crippen molar-refractivity contribution in [2.24, 2.45) is 0 Å². The second-order valence-electron chi connectivity index (χ2n) is 7.56. The molecule has 30 heavy (non-hydrogen) atoms. The van der Waals surface area contributed by atoms with Gasteiger partial charge in [0.25, 0.3) is 0 Å². The Kier molecular flexibility index (Phi) is 6.47. The maximum absolute atomic E-state index is 12.8. The summed E-state index contributed by atoms with van der Waals surface area (Å²) in [6.45, 7) is 3.86. The highest BCUT2D eigenvalue weighted by atomic mass is 32.2. The quantitative estimate of drug-likeness (QED) is 0.761. The average Bonchev–Trinajstić information content (AvgIpc) is 3.25. The Morgan fingerprint density at radius 1 is 1.07 bits per heavy atom. The van der Waals surface area contributed by atoms with E-state index in [4.69, 9.17) is 9.47 Å². The van der Waals surface area contributed by atoms with Gasteiger partial charge in [-0.3, -0.25) is 9.59 Å². The Hall–Kier alpha value is -2.67. The maximum Gasteiger partial charge on any atom is 0.234 e. The minimum Gasteiger partial charge on any atom is -0.486 e. The highest BCUT2D eigenvalue weighted by molar-refractivity contribution is 8.00. The number of carbonyl (C=O) groups excluding carboxylic acids is 2. The van der Waals surface area contributed by atoms with E-state index in [-0.39, 0.29) is 23.6 Å². The molecule has 0 spiro atoms. The lowest BCUT2D eigenvalue weighted by Crippen LogP contribution is -2.32. The topological polar surface area (TPSA) is 67.9 Å². The van der Waals surface area contributed by atoms with Crippen molar-refractivity contribution in [2.75, 3.05) is 36.6 Å². The molecule has 0 aliphatic carbocycles. The van der Waals surface area contributed by atoms with Crippen LogP contribution in [0.1, 0.15) is 30.0 Å². The van der Waals surface area contributed by atoms with Gasteiger partial charge in [0.1, 0.15) is 13.2 Å². The van der Waals surface area contributed by atoms with Crippen LogP contribution in [0.5, 0.6) is 11.5 Å². The molecule has 0 aromatic heterocycles. The number of anilines is 1. The summed E-state index contributed by atoms with van der Waals surface area (Å²) in [5.74, 6) is 2.03. The van der Waals surface area contributed by atoms with Gasteiger partial charge < -0.3 is 19.7 Å². The standard InChI is InChI=1S/C23H26N2O4S/c1-16-4-7-18(8-5-16)24-22(26)14-30-15-23(27)25-10-2-3-19(25)17-6-9-20-21(13-17)29-12-11-28-20/h4-9,13,19H,2-3,10-12,14-15H2,1H3,(H,24,26). The van der Waals surface area contributed by atoms with Crippen molar-refractivity contribution in [2.45, 2.75) is 25.8 Å². The van der Waals surface area contributed by atoms with Crippen LogP contribution in [-0.2, 0) is 9.59 Å². The largest absolute Gasteiger partial charge is 0.486 e. The summed E-state index contributed by atoms with van der Waals surface area (Å²) in [5, 5.41) is 2.87. The second-order valence-corrected chi connectivity index (χ2v) is 8.54. The normalized spacial score (nSPS) is 17.6. The van der Waals surface area contributed by atoms with Crippen molar-refractivity contribution in [3.63, 3.8) is 0 Å². The van der Waals surface area contributed by atoms with Crippen LogP contribution < -0.4 is 14.8 Å². The van der Waals surface area contributed by atoms with Crippen LogP contribution in [0.25, 0.3) is 0 Å². The number of hydrogen-bond donors (Lipinski definition) is 1. The van der Waals surface area contributed by atoms with Crippen LogP contribution in [0, 0.1) is 6.92 Å². The Balaban J connectivity index is 1.29. The van der Waals surface area contributed by atoms with Crippen molar-refractivity contribution in [1.29, 1.82) is 0 Å². The fourth-order valence-electron chi connectivity index (χ4n) is 3.83. The van der Waals surface area contributed by atoms with E-state index in [0.29, 0.717) is 19.0 Å². The van der Waals surface area contributed by atoms with E-state index in [9.17, 15) is 9.59 Å². The number of nitrogens with one attached hydrogen (secondary N) is 1. The number of rotatable bonds is 6. The minimum absolute atomic E-state index is 0.0512. The van der Waals surface area contributed by atoms with E-state index < -0.39 is 0 Å². The second kappa shape index (κ2) is 9.43. The summed E-state index contributed by atoms with van der Waals surface area (Å²) in [5.41, 5.74) is 2.99. The Morgan fingerprint density at radius 2 is 1.83 bits per heavy atom. The first-order chi connectivity index (χ1) is 14.6. The van der Waals surface area contributed by atoms with E-state index in [1.165, 1.54) is 11.8 Å². The third-order valence-corrected chi connectivity index (χ3v) is 6.24. The van der Waals surface area contributed by atoms with Gasteiger partial charge in [-0.15, -0.1) is 11.8 Å². The molecule has 2 aromatic rings. The Labute approximate surface area is 180 Å². The molecule has 0 bridgehead atoms. The third-order valence-electron chi connectivity index (χ3n) is 5.32. The summed E-state index contributed by atoms with van der Waals surface area (Å²) in [4.78, 5) is 26.9. The van der Waals surface area contributed by atoms with E-state index in [0.717, 1.165) is 47.7 Å². The molecule has 1 fully saturated rings. The number of hydrogen-bond acceptors (Lipinski definition) is 5. The van der Waals surface area contributed by atoms with Crippen molar-refractivity contribution >= 4 is 29.3 Å². The van der Waals surface area contributed by atoms with E-state index in [1.807, 2.05) is 54.3 Å². The highest BCUT2D eigenvalue weighted by Gasteiger charge is 2.30. The van der Waals surface area contributed by atoms with Gasteiger partial charge in [0, 0.05) is 12.2 Å². The Bertz CT molecular complexity index is 916. The molecule has 0 radical (unpaired) electrons. The van der Waals surface area contributed by atoms with Crippen molar-refractivity contribution < 1.29 is 19.1 Å². The van der Waals surface area contributed by atoms with Gasteiger partial charge in [-0.05, 0) is 49.6 Å². The zero-order valence-electron chi connectivity index (χ0n) is 17.1. The monoisotopic (exact) mass is 426 g/mol. The SMILES string of the molecule is Cc1ccc(NC(=O)CSCC(=O)N2CCCC2c2ccc3c(c2)OCCO3)cc1. The lowest BCUT2D eigenvalue weighted by atomic mass is 10.0. The van der Waals surface area contributed by atoms with Crippen LogP contribution >= 0.6 is 11.8 Å². The van der Waals surface area contributed by atoms with Gasteiger partial charge in [-0.1, -0.05) is 23.8 Å². The summed E-state index contributed by atoms with van der Waals surface area (Å²) in [6.07, 6.45) is 1.91. The summed E-state index contributed by atoms with van der Waals surface area (Å²) < 4.78 is 11.3. The smallest absolute Gasteiger partial charge is 0.234 e. The fraction of sp³-hybridized carbons (Fsp3) is 0.391. The number of benzene rings is 2. The predicted molar refractivity (Wildman–Crippen MR) is 118 cm³/mol. The van der Waals surface area contributed by atoms with Crippen LogP contribution in [-0.4, -0.2) is 48.0 Å². The van der Waals surface area contributed by atoms with E-state index in [2.05, 4.69) is 5.32 Å². The number of fused-ring (bicyclic) bond motifs is 1. The molecule has 1 unspecified atom stereocenters. The molecule has 4 rings (SSSR count). The molecule has 2 aliphatic heterocycles. The number of ether oxygens (including phenoxy) is 2. The molecular formula is C23H26N2O4S. The number of aryl methyl sites for hydroxylation is 1. The zero-order valence-corrected chi connectivity index (χ0v) is 17.9. The van der Waals surface area contributed by atoms with Crippen molar-refractivity contribution in [1.82, 2.24) is 4.90 Å². The van der Waals surface area contributed by atoms with Gasteiger partial charge in [-0.25, -0.2) is 0 Å². The summed E-state index contributed by atoms with van der Waals surface area (Å²) in [6, 6.07) is 13.7. The molecule has 2 heterocycles. The first-order valence-corrected chi connectivity index (χ1v) is 11.4. The third kappa shape index (κ3) is 4.90. The van der Waals surface area contributed by atoms with Gasteiger partial charge in [0.15, 0.2) is 11.5 Å².